The van der Waals surface area contributed by atoms with Crippen molar-refractivity contribution in [2.24, 2.45) is 0 Å². The Balaban J connectivity index is 1.81. The van der Waals surface area contributed by atoms with E-state index in [1.165, 1.54) is 0 Å². The molecule has 0 spiro atoms. The number of anilines is 1. The largest absolute Gasteiger partial charge is 0.493 e. The quantitative estimate of drug-likeness (QED) is 0.489. The summed E-state index contributed by atoms with van der Waals surface area (Å²) in [4.78, 5) is 34.6. The summed E-state index contributed by atoms with van der Waals surface area (Å²) in [6, 6.07) is 10.3. The molecule has 0 aliphatic rings. The molecule has 1 aromatic carbocycles. The van der Waals surface area contributed by atoms with Gasteiger partial charge in [-0.1, -0.05) is 30.0 Å². The molecule has 0 radical (unpaired) electrons. The fourth-order valence-corrected chi connectivity index (χ4v) is 3.15. The molecule has 0 aliphatic carbocycles. The van der Waals surface area contributed by atoms with E-state index in [2.05, 4.69) is 20.3 Å². The maximum atomic E-state index is 12.5. The average molecular weight is 356 g/mol. The van der Waals surface area contributed by atoms with E-state index in [4.69, 9.17) is 0 Å². The number of nitrogens with one attached hydrogen (secondary N) is 2. The number of aryl methyl sites for hydroxylation is 1. The first-order valence-electron chi connectivity index (χ1n) is 7.56. The Morgan fingerprint density at radius 1 is 1.28 bits per heavy atom. The summed E-state index contributed by atoms with van der Waals surface area (Å²) in [6.07, 6.45) is 0. The van der Waals surface area contributed by atoms with E-state index < -0.39 is 10.8 Å². The highest BCUT2D eigenvalue weighted by atomic mass is 32.2. The van der Waals surface area contributed by atoms with Crippen LogP contribution in [0.15, 0.2) is 46.3 Å². The number of carbonyl (C=O) groups is 1. The van der Waals surface area contributed by atoms with Gasteiger partial charge in [0.15, 0.2) is 5.16 Å². The number of carbonyl (C=O) groups excluding carboxylic acids is 1. The number of aromatic amines is 1. The van der Waals surface area contributed by atoms with Crippen molar-refractivity contribution >= 4 is 34.3 Å². The Morgan fingerprint density at radius 3 is 2.80 bits per heavy atom. The van der Waals surface area contributed by atoms with Gasteiger partial charge in [0.25, 0.3) is 5.56 Å². The number of rotatable bonds is 4. The highest BCUT2D eigenvalue weighted by Gasteiger charge is 2.17. The Morgan fingerprint density at radius 2 is 2.04 bits per heavy atom. The second-order valence-corrected chi connectivity index (χ2v) is 6.82. The van der Waals surface area contributed by atoms with E-state index in [0.29, 0.717) is 5.69 Å². The van der Waals surface area contributed by atoms with Gasteiger partial charge in [-0.2, -0.15) is 4.98 Å². The first kappa shape index (κ1) is 17.0. The standard InChI is InChI=1S/C17H16N4O3S/c1-9-7-13(11-5-3-4-6-12(11)18-9)19-16(24)10(2)25-17-20-14(22)8-15(23)21-17/h3-8,10H,1-2H3,(H,18,19,24)(H2,20,21,22,23). The number of H-pyrrole nitrogens is 1. The predicted octanol–water partition coefficient (Wildman–Crippen LogP) is 2.45. The number of benzene rings is 1. The minimum absolute atomic E-state index is 0.184. The van der Waals surface area contributed by atoms with Gasteiger partial charge >= 0.3 is 0 Å². The first-order chi connectivity index (χ1) is 11.9. The van der Waals surface area contributed by atoms with Crippen molar-refractivity contribution in [3.05, 3.63) is 52.4 Å². The van der Waals surface area contributed by atoms with Crippen LogP contribution in [0.2, 0.25) is 0 Å². The fourth-order valence-electron chi connectivity index (χ4n) is 2.35. The number of aromatic hydroxyl groups is 1. The molecule has 0 aliphatic heterocycles. The van der Waals surface area contributed by atoms with Gasteiger partial charge in [0.2, 0.25) is 11.8 Å². The molecular formula is C17H16N4O3S. The normalized spacial score (nSPS) is 12.1. The molecule has 25 heavy (non-hydrogen) atoms. The summed E-state index contributed by atoms with van der Waals surface area (Å²) in [5.41, 5.74) is 1.81. The van der Waals surface area contributed by atoms with Gasteiger partial charge in [0.05, 0.1) is 22.5 Å². The van der Waals surface area contributed by atoms with E-state index in [1.54, 1.807) is 6.92 Å². The molecule has 3 rings (SSSR count). The Hall–Kier alpha value is -2.87. The maximum absolute atomic E-state index is 12.5. The molecule has 0 saturated carbocycles. The molecule has 3 N–H and O–H groups in total. The average Bonchev–Trinajstić information content (AvgIpc) is 2.53. The zero-order valence-corrected chi connectivity index (χ0v) is 14.4. The SMILES string of the molecule is Cc1cc(NC(=O)C(C)Sc2nc(O)cc(=O)[nH]2)c2ccccc2n1. The number of para-hydroxylation sites is 1. The van der Waals surface area contributed by atoms with Crippen LogP contribution in [0.25, 0.3) is 10.9 Å². The predicted molar refractivity (Wildman–Crippen MR) is 97.0 cm³/mol. The van der Waals surface area contributed by atoms with Gasteiger partial charge in [-0.05, 0) is 26.0 Å². The Labute approximate surface area is 147 Å². The van der Waals surface area contributed by atoms with E-state index in [9.17, 15) is 14.7 Å². The lowest BCUT2D eigenvalue weighted by molar-refractivity contribution is -0.115. The summed E-state index contributed by atoms with van der Waals surface area (Å²) in [6.45, 7) is 3.56. The smallest absolute Gasteiger partial charge is 0.255 e. The summed E-state index contributed by atoms with van der Waals surface area (Å²) in [5, 5.41) is 12.8. The summed E-state index contributed by atoms with van der Waals surface area (Å²) in [7, 11) is 0. The Bertz CT molecular complexity index is 1000. The molecule has 1 unspecified atom stereocenters. The van der Waals surface area contributed by atoms with Crippen molar-refractivity contribution in [3.63, 3.8) is 0 Å². The molecule has 7 nitrogen and oxygen atoms in total. The monoisotopic (exact) mass is 356 g/mol. The molecular weight excluding hydrogens is 340 g/mol. The summed E-state index contributed by atoms with van der Waals surface area (Å²) < 4.78 is 0. The minimum Gasteiger partial charge on any atom is -0.493 e. The van der Waals surface area contributed by atoms with Gasteiger partial charge in [0.1, 0.15) is 0 Å². The number of thioether (sulfide) groups is 1. The molecule has 1 amide bonds. The topological polar surface area (TPSA) is 108 Å². The van der Waals surface area contributed by atoms with E-state index >= 15 is 0 Å². The van der Waals surface area contributed by atoms with Crippen LogP contribution < -0.4 is 10.9 Å². The number of hydrogen-bond donors (Lipinski definition) is 3. The summed E-state index contributed by atoms with van der Waals surface area (Å²) in [5.74, 6) is -0.624. The third-order valence-corrected chi connectivity index (χ3v) is 4.45. The van der Waals surface area contributed by atoms with Crippen LogP contribution in [-0.2, 0) is 4.79 Å². The lowest BCUT2D eigenvalue weighted by Crippen LogP contribution is -2.23. The van der Waals surface area contributed by atoms with Crippen molar-refractivity contribution in [1.82, 2.24) is 15.0 Å². The van der Waals surface area contributed by atoms with Crippen molar-refractivity contribution in [2.75, 3.05) is 5.32 Å². The highest BCUT2D eigenvalue weighted by Crippen LogP contribution is 2.25. The van der Waals surface area contributed by atoms with Crippen molar-refractivity contribution in [3.8, 4) is 5.88 Å². The highest BCUT2D eigenvalue weighted by molar-refractivity contribution is 8.00. The second kappa shape index (κ2) is 6.94. The molecule has 0 fully saturated rings. The lowest BCUT2D eigenvalue weighted by Gasteiger charge is -2.13. The zero-order valence-electron chi connectivity index (χ0n) is 13.6. The molecule has 1 atom stereocenters. The minimum atomic E-state index is -0.530. The number of amides is 1. The van der Waals surface area contributed by atoms with E-state index in [0.717, 1.165) is 34.4 Å². The molecule has 0 saturated heterocycles. The van der Waals surface area contributed by atoms with Crippen molar-refractivity contribution < 1.29 is 9.90 Å². The molecule has 8 heteroatoms. The third-order valence-electron chi connectivity index (χ3n) is 3.47. The lowest BCUT2D eigenvalue weighted by atomic mass is 10.1. The van der Waals surface area contributed by atoms with E-state index in [-0.39, 0.29) is 16.9 Å². The van der Waals surface area contributed by atoms with Crippen LogP contribution in [0, 0.1) is 6.92 Å². The van der Waals surface area contributed by atoms with Crippen LogP contribution in [0.5, 0.6) is 5.88 Å². The van der Waals surface area contributed by atoms with Crippen LogP contribution in [0.4, 0.5) is 5.69 Å². The van der Waals surface area contributed by atoms with Gasteiger partial charge in [0, 0.05) is 11.1 Å². The van der Waals surface area contributed by atoms with Gasteiger partial charge in [-0.3, -0.25) is 14.6 Å². The van der Waals surface area contributed by atoms with Crippen molar-refractivity contribution in [1.29, 1.82) is 0 Å². The molecule has 3 aromatic rings. The van der Waals surface area contributed by atoms with Crippen LogP contribution in [0.3, 0.4) is 0 Å². The van der Waals surface area contributed by atoms with Crippen molar-refractivity contribution in [2.45, 2.75) is 24.3 Å². The maximum Gasteiger partial charge on any atom is 0.255 e. The molecule has 2 aromatic heterocycles. The van der Waals surface area contributed by atoms with Crippen LogP contribution in [0.1, 0.15) is 12.6 Å². The first-order valence-corrected chi connectivity index (χ1v) is 8.44. The number of fused-ring (bicyclic) bond motifs is 1. The van der Waals surface area contributed by atoms with E-state index in [1.807, 2.05) is 37.3 Å². The third kappa shape index (κ3) is 3.97. The number of pyridine rings is 1. The number of nitrogens with zero attached hydrogens (tertiary/aromatic N) is 2. The van der Waals surface area contributed by atoms with Gasteiger partial charge in [-0.15, -0.1) is 0 Å². The summed E-state index contributed by atoms with van der Waals surface area (Å²) >= 11 is 1.05. The van der Waals surface area contributed by atoms with Crippen LogP contribution >= 0.6 is 11.8 Å². The second-order valence-electron chi connectivity index (χ2n) is 5.49. The molecule has 2 heterocycles. The van der Waals surface area contributed by atoms with Gasteiger partial charge in [-0.25, -0.2) is 0 Å². The van der Waals surface area contributed by atoms with Gasteiger partial charge < -0.3 is 15.4 Å². The Kier molecular flexibility index (Phi) is 4.71. The fraction of sp³-hybridized carbons (Fsp3) is 0.176. The number of hydrogen-bond acceptors (Lipinski definition) is 6. The zero-order chi connectivity index (χ0) is 18.0. The number of aromatic nitrogens is 3. The van der Waals surface area contributed by atoms with Crippen LogP contribution in [-0.4, -0.2) is 31.2 Å². The molecule has 0 bridgehead atoms. The molecule has 128 valence electrons.